The summed E-state index contributed by atoms with van der Waals surface area (Å²) in [4.78, 5) is 0. The quantitative estimate of drug-likeness (QED) is 0.563. The van der Waals surface area contributed by atoms with Crippen molar-refractivity contribution in [2.45, 2.75) is 32.6 Å². The fraction of sp³-hybridized carbons (Fsp3) is 0.571. The fourth-order valence-corrected chi connectivity index (χ4v) is 1.85. The van der Waals surface area contributed by atoms with Crippen molar-refractivity contribution in [1.29, 1.82) is 0 Å². The molecule has 0 heterocycles. The first-order valence-electron chi connectivity index (χ1n) is 6.22. The number of hydrogen-bond acceptors (Lipinski definition) is 3. The van der Waals surface area contributed by atoms with E-state index >= 15 is 0 Å². The zero-order valence-electron chi connectivity index (χ0n) is 10.7. The van der Waals surface area contributed by atoms with Gasteiger partial charge in [0.1, 0.15) is 0 Å². The molecule has 0 amide bonds. The summed E-state index contributed by atoms with van der Waals surface area (Å²) in [5.41, 5.74) is 1.27. The van der Waals surface area contributed by atoms with Crippen molar-refractivity contribution in [1.82, 2.24) is 0 Å². The summed E-state index contributed by atoms with van der Waals surface area (Å²) in [7, 11) is 1.68. The van der Waals surface area contributed by atoms with E-state index in [1.54, 1.807) is 7.11 Å². The second-order valence-electron chi connectivity index (χ2n) is 3.97. The molecule has 1 aromatic rings. The van der Waals surface area contributed by atoms with Crippen molar-refractivity contribution in [3.63, 3.8) is 0 Å². The number of thiol groups is 1. The van der Waals surface area contributed by atoms with Crippen LogP contribution in [-0.4, -0.2) is 19.5 Å². The van der Waals surface area contributed by atoms with Gasteiger partial charge in [-0.15, -0.1) is 0 Å². The van der Waals surface area contributed by atoms with Crippen LogP contribution in [0.4, 0.5) is 0 Å². The Morgan fingerprint density at radius 3 is 2.59 bits per heavy atom. The van der Waals surface area contributed by atoms with Crippen molar-refractivity contribution >= 4 is 12.6 Å². The van der Waals surface area contributed by atoms with Gasteiger partial charge in [0.2, 0.25) is 0 Å². The molecule has 0 spiro atoms. The van der Waals surface area contributed by atoms with E-state index < -0.39 is 0 Å². The highest BCUT2D eigenvalue weighted by atomic mass is 32.1. The van der Waals surface area contributed by atoms with E-state index in [0.717, 1.165) is 43.1 Å². The molecule has 0 aliphatic heterocycles. The third-order valence-corrected chi connectivity index (χ3v) is 3.01. The van der Waals surface area contributed by atoms with Gasteiger partial charge in [-0.3, -0.25) is 0 Å². The van der Waals surface area contributed by atoms with E-state index in [0.29, 0.717) is 0 Å². The monoisotopic (exact) mass is 254 g/mol. The highest BCUT2D eigenvalue weighted by molar-refractivity contribution is 7.80. The number of hydrogen-bond donors (Lipinski definition) is 1. The minimum atomic E-state index is 0.746. The topological polar surface area (TPSA) is 18.5 Å². The van der Waals surface area contributed by atoms with Crippen LogP contribution in [0.5, 0.6) is 11.5 Å². The number of rotatable bonds is 8. The van der Waals surface area contributed by atoms with E-state index in [4.69, 9.17) is 9.47 Å². The highest BCUT2D eigenvalue weighted by Crippen LogP contribution is 2.28. The van der Waals surface area contributed by atoms with Crippen LogP contribution in [0.3, 0.4) is 0 Å². The minimum Gasteiger partial charge on any atom is -0.493 e. The van der Waals surface area contributed by atoms with E-state index in [2.05, 4.69) is 25.6 Å². The Morgan fingerprint density at radius 1 is 1.12 bits per heavy atom. The molecule has 0 unspecified atom stereocenters. The van der Waals surface area contributed by atoms with Crippen LogP contribution in [-0.2, 0) is 6.42 Å². The third kappa shape index (κ3) is 4.90. The lowest BCUT2D eigenvalue weighted by atomic mass is 10.1. The summed E-state index contributed by atoms with van der Waals surface area (Å²) in [6.07, 6.45) is 4.40. The molecule has 0 atom stereocenters. The Hall–Kier alpha value is -0.830. The Morgan fingerprint density at radius 2 is 1.94 bits per heavy atom. The maximum Gasteiger partial charge on any atom is 0.161 e. The number of unbranched alkanes of at least 4 members (excludes halogenated alkanes) is 2. The molecular formula is C14H22O2S. The summed E-state index contributed by atoms with van der Waals surface area (Å²) in [6, 6.07) is 6.13. The average Bonchev–Trinajstić information content (AvgIpc) is 2.38. The maximum atomic E-state index is 5.72. The van der Waals surface area contributed by atoms with Crippen molar-refractivity contribution < 1.29 is 9.47 Å². The normalized spacial score (nSPS) is 10.3. The van der Waals surface area contributed by atoms with Crippen LogP contribution in [0.2, 0.25) is 0 Å². The largest absolute Gasteiger partial charge is 0.493 e. The SMILES string of the molecule is CCc1ccc(OCCCCCS)c(OC)c1. The molecule has 0 saturated carbocycles. The zero-order chi connectivity index (χ0) is 12.5. The van der Waals surface area contributed by atoms with Gasteiger partial charge in [0, 0.05) is 0 Å². The molecule has 0 fully saturated rings. The summed E-state index contributed by atoms with van der Waals surface area (Å²) in [6.45, 7) is 2.88. The molecule has 0 bridgehead atoms. The summed E-state index contributed by atoms with van der Waals surface area (Å²) in [5.74, 6) is 2.63. The first kappa shape index (κ1) is 14.2. The van der Waals surface area contributed by atoms with Gasteiger partial charge in [-0.05, 0) is 49.1 Å². The lowest BCUT2D eigenvalue weighted by Crippen LogP contribution is -2.00. The minimum absolute atomic E-state index is 0.746. The summed E-state index contributed by atoms with van der Waals surface area (Å²) in [5, 5.41) is 0. The molecule has 0 aromatic heterocycles. The number of aryl methyl sites for hydroxylation is 1. The van der Waals surface area contributed by atoms with Gasteiger partial charge in [0.05, 0.1) is 13.7 Å². The van der Waals surface area contributed by atoms with E-state index in [-0.39, 0.29) is 0 Å². The van der Waals surface area contributed by atoms with Gasteiger partial charge in [-0.1, -0.05) is 13.0 Å². The predicted octanol–water partition coefficient (Wildman–Crippen LogP) is 3.74. The van der Waals surface area contributed by atoms with Crippen LogP contribution in [0, 0.1) is 0 Å². The van der Waals surface area contributed by atoms with E-state index in [9.17, 15) is 0 Å². The van der Waals surface area contributed by atoms with E-state index in [1.807, 2.05) is 12.1 Å². The zero-order valence-corrected chi connectivity index (χ0v) is 11.6. The molecule has 0 N–H and O–H groups in total. The van der Waals surface area contributed by atoms with Gasteiger partial charge in [-0.2, -0.15) is 12.6 Å². The van der Waals surface area contributed by atoms with Gasteiger partial charge in [0.25, 0.3) is 0 Å². The van der Waals surface area contributed by atoms with Crippen molar-refractivity contribution in [3.05, 3.63) is 23.8 Å². The van der Waals surface area contributed by atoms with Crippen molar-refractivity contribution in [3.8, 4) is 11.5 Å². The Kier molecular flexibility index (Phi) is 6.94. The molecule has 3 heteroatoms. The molecule has 0 aliphatic carbocycles. The molecule has 1 aromatic carbocycles. The van der Waals surface area contributed by atoms with Gasteiger partial charge in [0.15, 0.2) is 11.5 Å². The second-order valence-corrected chi connectivity index (χ2v) is 4.42. The number of benzene rings is 1. The first-order chi connectivity index (χ1) is 8.31. The predicted molar refractivity (Wildman–Crippen MR) is 75.6 cm³/mol. The smallest absolute Gasteiger partial charge is 0.161 e. The van der Waals surface area contributed by atoms with Crippen LogP contribution in [0.1, 0.15) is 31.7 Å². The standard InChI is InChI=1S/C14H22O2S/c1-3-12-7-8-13(14(11-12)15-2)16-9-5-4-6-10-17/h7-8,11,17H,3-6,9-10H2,1-2H3. The molecule has 2 nitrogen and oxygen atoms in total. The number of ether oxygens (including phenoxy) is 2. The van der Waals surface area contributed by atoms with Crippen LogP contribution < -0.4 is 9.47 Å². The lowest BCUT2D eigenvalue weighted by molar-refractivity contribution is 0.286. The fourth-order valence-electron chi connectivity index (χ4n) is 1.62. The number of methoxy groups -OCH3 is 1. The highest BCUT2D eigenvalue weighted by Gasteiger charge is 2.04. The van der Waals surface area contributed by atoms with Gasteiger partial charge >= 0.3 is 0 Å². The Labute approximate surface area is 110 Å². The van der Waals surface area contributed by atoms with Gasteiger partial charge < -0.3 is 9.47 Å². The second kappa shape index (κ2) is 8.29. The molecule has 0 radical (unpaired) electrons. The summed E-state index contributed by atoms with van der Waals surface area (Å²) < 4.78 is 11.1. The molecule has 96 valence electrons. The summed E-state index contributed by atoms with van der Waals surface area (Å²) >= 11 is 4.19. The molecule has 0 aliphatic rings. The average molecular weight is 254 g/mol. The molecule has 17 heavy (non-hydrogen) atoms. The maximum absolute atomic E-state index is 5.72. The lowest BCUT2D eigenvalue weighted by Gasteiger charge is -2.11. The van der Waals surface area contributed by atoms with Crippen LogP contribution >= 0.6 is 12.6 Å². The first-order valence-corrected chi connectivity index (χ1v) is 6.85. The molecule has 1 rings (SSSR count). The van der Waals surface area contributed by atoms with Crippen molar-refractivity contribution in [2.75, 3.05) is 19.5 Å². The molecular weight excluding hydrogens is 232 g/mol. The van der Waals surface area contributed by atoms with Crippen LogP contribution in [0.25, 0.3) is 0 Å². The Balaban J connectivity index is 2.46. The van der Waals surface area contributed by atoms with E-state index in [1.165, 1.54) is 12.0 Å². The van der Waals surface area contributed by atoms with Crippen molar-refractivity contribution in [2.24, 2.45) is 0 Å². The van der Waals surface area contributed by atoms with Gasteiger partial charge in [-0.25, -0.2) is 0 Å². The Bertz CT molecular complexity index is 326. The van der Waals surface area contributed by atoms with Crippen LogP contribution in [0.15, 0.2) is 18.2 Å². The third-order valence-electron chi connectivity index (χ3n) is 2.70. The molecule has 0 saturated heterocycles.